The fourth-order valence-electron chi connectivity index (χ4n) is 1.34. The summed E-state index contributed by atoms with van der Waals surface area (Å²) >= 11 is 0. The number of carbonyl (C=O) groups excluding carboxylic acids is 1. The molecular formula is C11H12O4S. The van der Waals surface area contributed by atoms with Crippen molar-refractivity contribution in [2.75, 3.05) is 0 Å². The van der Waals surface area contributed by atoms with Gasteiger partial charge in [-0.15, -0.1) is 0 Å². The van der Waals surface area contributed by atoms with Gasteiger partial charge in [0, 0.05) is 0 Å². The molecule has 0 saturated carbocycles. The molecule has 0 heterocycles. The van der Waals surface area contributed by atoms with Gasteiger partial charge in [-0.2, -0.15) is 8.42 Å². The minimum atomic E-state index is -4.15. The molecule has 0 bridgehead atoms. The van der Waals surface area contributed by atoms with Crippen molar-refractivity contribution in [2.45, 2.75) is 18.2 Å². The maximum absolute atomic E-state index is 10.8. The normalized spacial score (nSPS) is 12.5. The zero-order valence-corrected chi connectivity index (χ0v) is 9.57. The molecule has 16 heavy (non-hydrogen) atoms. The first-order valence-corrected chi connectivity index (χ1v) is 6.15. The second-order valence-electron chi connectivity index (χ2n) is 3.18. The van der Waals surface area contributed by atoms with Crippen LogP contribution in [-0.4, -0.2) is 19.3 Å². The van der Waals surface area contributed by atoms with Crippen LogP contribution in [0.25, 0.3) is 5.57 Å². The van der Waals surface area contributed by atoms with E-state index in [1.165, 1.54) is 18.2 Å². The molecule has 0 spiro atoms. The third kappa shape index (κ3) is 3.01. The highest BCUT2D eigenvalue weighted by Crippen LogP contribution is 2.19. The van der Waals surface area contributed by atoms with Crippen molar-refractivity contribution in [3.05, 3.63) is 35.9 Å². The van der Waals surface area contributed by atoms with Gasteiger partial charge < -0.3 is 0 Å². The molecule has 5 heteroatoms. The number of benzene rings is 1. The zero-order valence-electron chi connectivity index (χ0n) is 8.75. The highest BCUT2D eigenvalue weighted by molar-refractivity contribution is 7.85. The van der Waals surface area contributed by atoms with Crippen molar-refractivity contribution in [1.82, 2.24) is 0 Å². The summed E-state index contributed by atoms with van der Waals surface area (Å²) in [5, 5.41) is 0. The Morgan fingerprint density at radius 3 is 2.25 bits per heavy atom. The molecule has 0 amide bonds. The second kappa shape index (κ2) is 5.05. The molecule has 0 saturated heterocycles. The van der Waals surface area contributed by atoms with Crippen LogP contribution in [0.5, 0.6) is 0 Å². The lowest BCUT2D eigenvalue weighted by atomic mass is 10.0. The Bertz CT molecular complexity index is 497. The molecular weight excluding hydrogens is 228 g/mol. The van der Waals surface area contributed by atoms with E-state index in [4.69, 9.17) is 4.55 Å². The highest BCUT2D eigenvalue weighted by Gasteiger charge is 2.09. The lowest BCUT2D eigenvalue weighted by Gasteiger charge is -2.04. The zero-order chi connectivity index (χ0) is 12.2. The lowest BCUT2D eigenvalue weighted by molar-refractivity contribution is -0.104. The van der Waals surface area contributed by atoms with Gasteiger partial charge in [0.05, 0.1) is 4.90 Å². The van der Waals surface area contributed by atoms with Gasteiger partial charge in [-0.1, -0.05) is 19.1 Å². The Hall–Kier alpha value is -1.46. The van der Waals surface area contributed by atoms with Crippen molar-refractivity contribution in [3.63, 3.8) is 0 Å². The first kappa shape index (κ1) is 12.6. The van der Waals surface area contributed by atoms with Crippen molar-refractivity contribution >= 4 is 22.0 Å². The third-order valence-electron chi connectivity index (χ3n) is 2.17. The molecule has 0 aliphatic rings. The van der Waals surface area contributed by atoms with Crippen molar-refractivity contribution in [1.29, 1.82) is 0 Å². The minimum absolute atomic E-state index is 0.155. The third-order valence-corrected chi connectivity index (χ3v) is 3.04. The largest absolute Gasteiger partial charge is 0.299 e. The number of hydrogen-bond acceptors (Lipinski definition) is 3. The van der Waals surface area contributed by atoms with Crippen LogP contribution in [0.15, 0.2) is 35.2 Å². The topological polar surface area (TPSA) is 71.4 Å². The quantitative estimate of drug-likeness (QED) is 0.496. The summed E-state index contributed by atoms with van der Waals surface area (Å²) in [7, 11) is -4.15. The molecule has 1 N–H and O–H groups in total. The van der Waals surface area contributed by atoms with Gasteiger partial charge in [-0.25, -0.2) is 0 Å². The molecule has 1 rings (SSSR count). The summed E-state index contributed by atoms with van der Waals surface area (Å²) in [4.78, 5) is 10.2. The number of rotatable bonds is 4. The van der Waals surface area contributed by atoms with Crippen LogP contribution in [0.3, 0.4) is 0 Å². The fraction of sp³-hybridized carbons (Fsp3) is 0.182. The second-order valence-corrected chi connectivity index (χ2v) is 4.60. The van der Waals surface area contributed by atoms with Gasteiger partial charge in [0.15, 0.2) is 0 Å². The fourth-order valence-corrected chi connectivity index (χ4v) is 1.82. The Kier molecular flexibility index (Phi) is 3.98. The average Bonchev–Trinajstić information content (AvgIpc) is 2.25. The Morgan fingerprint density at radius 2 is 1.88 bits per heavy atom. The summed E-state index contributed by atoms with van der Waals surface area (Å²) < 4.78 is 30.4. The Morgan fingerprint density at radius 1 is 1.31 bits per heavy atom. The van der Waals surface area contributed by atoms with Crippen LogP contribution < -0.4 is 0 Å². The SMILES string of the molecule is CC/C(=C/C=O)c1ccc(S(=O)(=O)O)cc1. The number of carbonyl (C=O) groups is 1. The van der Waals surface area contributed by atoms with E-state index in [0.29, 0.717) is 12.7 Å². The van der Waals surface area contributed by atoms with Crippen LogP contribution in [0.2, 0.25) is 0 Å². The van der Waals surface area contributed by atoms with Gasteiger partial charge in [0.1, 0.15) is 6.29 Å². The van der Waals surface area contributed by atoms with Gasteiger partial charge in [-0.05, 0) is 35.8 Å². The van der Waals surface area contributed by atoms with E-state index in [2.05, 4.69) is 0 Å². The average molecular weight is 240 g/mol. The van der Waals surface area contributed by atoms with E-state index in [9.17, 15) is 13.2 Å². The van der Waals surface area contributed by atoms with Crippen LogP contribution in [0.4, 0.5) is 0 Å². The summed E-state index contributed by atoms with van der Waals surface area (Å²) in [5.74, 6) is 0. The molecule has 1 aromatic rings. The number of hydrogen-bond donors (Lipinski definition) is 1. The van der Waals surface area contributed by atoms with Gasteiger partial charge in [-0.3, -0.25) is 9.35 Å². The van der Waals surface area contributed by atoms with E-state index in [-0.39, 0.29) is 4.90 Å². The molecule has 0 fully saturated rings. The maximum atomic E-state index is 10.8. The Balaban J connectivity index is 3.13. The molecule has 0 unspecified atom stereocenters. The number of aldehydes is 1. The van der Waals surface area contributed by atoms with E-state index in [0.717, 1.165) is 11.1 Å². The standard InChI is InChI=1S/C11H12O4S/c1-2-9(7-8-12)10-3-5-11(6-4-10)16(13,14)15/h3-8H,2H2,1H3,(H,13,14,15)/b9-7-. The van der Waals surface area contributed by atoms with Crippen LogP contribution in [0, 0.1) is 0 Å². The molecule has 4 nitrogen and oxygen atoms in total. The molecule has 0 radical (unpaired) electrons. The Labute approximate surface area is 94.4 Å². The van der Waals surface area contributed by atoms with Crippen LogP contribution >= 0.6 is 0 Å². The molecule has 0 aliphatic heterocycles. The van der Waals surface area contributed by atoms with Gasteiger partial charge in [0.2, 0.25) is 0 Å². The predicted octanol–water partition coefficient (Wildman–Crippen LogP) is 1.93. The molecule has 0 aliphatic carbocycles. The molecule has 0 atom stereocenters. The summed E-state index contributed by atoms with van der Waals surface area (Å²) in [6, 6.07) is 5.72. The van der Waals surface area contributed by atoms with E-state index < -0.39 is 10.1 Å². The predicted molar refractivity (Wildman–Crippen MR) is 60.6 cm³/mol. The minimum Gasteiger partial charge on any atom is -0.299 e. The lowest BCUT2D eigenvalue weighted by Crippen LogP contribution is -1.97. The highest BCUT2D eigenvalue weighted by atomic mass is 32.2. The summed E-state index contributed by atoms with van der Waals surface area (Å²) in [6.45, 7) is 1.89. The van der Waals surface area contributed by atoms with E-state index >= 15 is 0 Å². The van der Waals surface area contributed by atoms with Crippen molar-refractivity contribution < 1.29 is 17.8 Å². The van der Waals surface area contributed by atoms with E-state index in [1.807, 2.05) is 6.92 Å². The molecule has 0 aromatic heterocycles. The molecule has 1 aromatic carbocycles. The summed E-state index contributed by atoms with van der Waals surface area (Å²) in [5.41, 5.74) is 1.58. The van der Waals surface area contributed by atoms with Crippen LogP contribution in [-0.2, 0) is 14.9 Å². The van der Waals surface area contributed by atoms with Gasteiger partial charge in [0.25, 0.3) is 10.1 Å². The van der Waals surface area contributed by atoms with Crippen molar-refractivity contribution in [2.24, 2.45) is 0 Å². The molecule has 86 valence electrons. The van der Waals surface area contributed by atoms with Gasteiger partial charge >= 0.3 is 0 Å². The van der Waals surface area contributed by atoms with Crippen LogP contribution in [0.1, 0.15) is 18.9 Å². The summed E-state index contributed by atoms with van der Waals surface area (Å²) in [6.07, 6.45) is 2.79. The number of allylic oxidation sites excluding steroid dienone is 2. The van der Waals surface area contributed by atoms with Crippen molar-refractivity contribution in [3.8, 4) is 0 Å². The smallest absolute Gasteiger partial charge is 0.294 e. The van der Waals surface area contributed by atoms with E-state index in [1.54, 1.807) is 12.1 Å². The first-order chi connectivity index (χ1) is 7.49. The first-order valence-electron chi connectivity index (χ1n) is 4.71. The maximum Gasteiger partial charge on any atom is 0.294 e. The monoisotopic (exact) mass is 240 g/mol.